The van der Waals surface area contributed by atoms with Crippen LogP contribution in [0, 0.1) is 6.92 Å². The van der Waals surface area contributed by atoms with E-state index in [1.54, 1.807) is 61.5 Å². The smallest absolute Gasteiger partial charge is 0.343 e. The number of hydrogen-bond donors (Lipinski definition) is 1. The molecule has 36 heavy (non-hydrogen) atoms. The lowest BCUT2D eigenvalue weighted by molar-refractivity contribution is -0.158. The molecule has 2 heterocycles. The summed E-state index contributed by atoms with van der Waals surface area (Å²) in [6.45, 7) is 4.73. The normalized spacial score (nSPS) is 19.3. The van der Waals surface area contributed by atoms with Crippen molar-refractivity contribution < 1.29 is 27.5 Å². The lowest BCUT2D eigenvalue weighted by atomic mass is 9.76. The third kappa shape index (κ3) is 4.71. The zero-order valence-electron chi connectivity index (χ0n) is 20.1. The predicted octanol–water partition coefficient (Wildman–Crippen LogP) is 3.64. The lowest BCUT2D eigenvalue weighted by Gasteiger charge is -2.39. The lowest BCUT2D eigenvalue weighted by Crippen LogP contribution is -2.69. The van der Waals surface area contributed by atoms with Crippen molar-refractivity contribution in [1.82, 2.24) is 4.72 Å². The number of nitrogens with one attached hydrogen (secondary N) is 1. The Balaban J connectivity index is 1.91. The van der Waals surface area contributed by atoms with E-state index in [4.69, 9.17) is 9.47 Å². The fourth-order valence-corrected chi connectivity index (χ4v) is 6.19. The van der Waals surface area contributed by atoms with Gasteiger partial charge in [0.2, 0.25) is 15.9 Å². The van der Waals surface area contributed by atoms with Gasteiger partial charge in [-0.3, -0.25) is 0 Å². The molecule has 0 saturated carbocycles. The van der Waals surface area contributed by atoms with Crippen LogP contribution in [0.4, 0.5) is 0 Å². The summed E-state index contributed by atoms with van der Waals surface area (Å²) >= 11 is 1.36. The molecule has 1 aliphatic heterocycles. The van der Waals surface area contributed by atoms with Gasteiger partial charge in [0, 0.05) is 16.9 Å². The molecule has 188 valence electrons. The highest BCUT2D eigenvalue weighted by atomic mass is 32.2. The molecular formula is C26H26N2O6S2. The maximum Gasteiger partial charge on any atom is 0.343 e. The van der Waals surface area contributed by atoms with E-state index in [1.807, 2.05) is 12.3 Å². The van der Waals surface area contributed by atoms with E-state index in [2.05, 4.69) is 9.71 Å². The van der Waals surface area contributed by atoms with Gasteiger partial charge >= 0.3 is 11.9 Å². The first-order chi connectivity index (χ1) is 17.1. The molecule has 1 N–H and O–H groups in total. The van der Waals surface area contributed by atoms with Crippen LogP contribution in [0.2, 0.25) is 0 Å². The van der Waals surface area contributed by atoms with E-state index in [1.165, 1.54) is 30.4 Å². The van der Waals surface area contributed by atoms with Crippen LogP contribution in [0.15, 0.2) is 82.0 Å². The molecule has 1 aliphatic rings. The van der Waals surface area contributed by atoms with Crippen molar-refractivity contribution in [3.8, 4) is 0 Å². The fraction of sp³-hybridized carbons (Fsp3) is 0.269. The summed E-state index contributed by atoms with van der Waals surface area (Å²) in [6.07, 6.45) is -0.0778. The molecule has 2 aromatic carbocycles. The second kappa shape index (κ2) is 9.96. The Bertz CT molecular complexity index is 1390. The van der Waals surface area contributed by atoms with E-state index in [-0.39, 0.29) is 23.8 Å². The first-order valence-corrected chi connectivity index (χ1v) is 13.7. The van der Waals surface area contributed by atoms with Crippen LogP contribution in [0.3, 0.4) is 0 Å². The maximum absolute atomic E-state index is 13.7. The number of esters is 2. The number of benzene rings is 2. The molecule has 0 fully saturated rings. The minimum Gasteiger partial charge on any atom is -0.465 e. The van der Waals surface area contributed by atoms with Gasteiger partial charge in [0.25, 0.3) is 0 Å². The summed E-state index contributed by atoms with van der Waals surface area (Å²) in [5.74, 6) is -1.79. The predicted molar refractivity (Wildman–Crippen MR) is 136 cm³/mol. The van der Waals surface area contributed by atoms with Gasteiger partial charge in [-0.05, 0) is 56.5 Å². The largest absolute Gasteiger partial charge is 0.465 e. The Kier molecular flexibility index (Phi) is 7.12. The van der Waals surface area contributed by atoms with Crippen molar-refractivity contribution in [2.24, 2.45) is 4.99 Å². The minimum atomic E-state index is -4.28. The van der Waals surface area contributed by atoms with Crippen molar-refractivity contribution >= 4 is 39.2 Å². The Morgan fingerprint density at radius 1 is 1.11 bits per heavy atom. The fourth-order valence-electron chi connectivity index (χ4n) is 4.00. The highest BCUT2D eigenvalue weighted by Gasteiger charge is 2.65. The zero-order valence-corrected chi connectivity index (χ0v) is 21.7. The first-order valence-electron chi connectivity index (χ1n) is 11.3. The Morgan fingerprint density at radius 2 is 1.81 bits per heavy atom. The van der Waals surface area contributed by atoms with Crippen molar-refractivity contribution in [2.45, 2.75) is 43.2 Å². The number of rotatable bonds is 9. The molecule has 1 aromatic heterocycles. The van der Waals surface area contributed by atoms with Gasteiger partial charge in [0.15, 0.2) is 11.1 Å². The van der Waals surface area contributed by atoms with Crippen LogP contribution in [0.1, 0.15) is 29.9 Å². The van der Waals surface area contributed by atoms with Crippen LogP contribution < -0.4 is 4.72 Å². The van der Waals surface area contributed by atoms with Crippen molar-refractivity contribution in [3.05, 3.63) is 88.1 Å². The van der Waals surface area contributed by atoms with Gasteiger partial charge in [-0.2, -0.15) is 4.72 Å². The molecule has 0 amide bonds. The topological polar surface area (TPSA) is 111 Å². The summed E-state index contributed by atoms with van der Waals surface area (Å²) in [4.78, 5) is 32.5. The highest BCUT2D eigenvalue weighted by Crippen LogP contribution is 2.40. The summed E-state index contributed by atoms with van der Waals surface area (Å²) in [7, 11) is -4.28. The molecule has 3 aromatic rings. The number of sulfonamides is 1. The molecule has 2 atom stereocenters. The van der Waals surface area contributed by atoms with Crippen molar-refractivity contribution in [2.75, 3.05) is 6.61 Å². The molecule has 0 bridgehead atoms. The summed E-state index contributed by atoms with van der Waals surface area (Å²) in [5.41, 5.74) is -2.71. The van der Waals surface area contributed by atoms with Crippen molar-refractivity contribution in [1.29, 1.82) is 0 Å². The third-order valence-electron chi connectivity index (χ3n) is 6.03. The molecule has 8 nitrogen and oxygen atoms in total. The van der Waals surface area contributed by atoms with Gasteiger partial charge in [-0.25, -0.2) is 23.0 Å². The molecular weight excluding hydrogens is 500 g/mol. The Hall–Kier alpha value is -3.34. The molecule has 0 radical (unpaired) electrons. The molecule has 0 aliphatic carbocycles. The second-order valence-electron chi connectivity index (χ2n) is 8.55. The van der Waals surface area contributed by atoms with E-state index in [0.717, 1.165) is 10.4 Å². The monoisotopic (exact) mass is 526 g/mol. The number of aliphatic imine (C=N–C) groups is 1. The van der Waals surface area contributed by atoms with E-state index in [0.29, 0.717) is 5.56 Å². The van der Waals surface area contributed by atoms with Crippen LogP contribution >= 0.6 is 11.3 Å². The molecule has 10 heteroatoms. The zero-order chi connectivity index (χ0) is 26.0. The van der Waals surface area contributed by atoms with Crippen LogP contribution in [0.5, 0.6) is 0 Å². The average Bonchev–Trinajstić information content (AvgIpc) is 3.48. The SMILES string of the molecule is CCOC(=O)C(C)(NS(=O)(=O)c1ccc(C)cc1)C1(Cc2cccs2)N=C(c2ccccc2)OC1=O. The molecule has 0 saturated heterocycles. The standard InChI is InChI=1S/C26H26N2O6S2/c1-4-33-23(29)25(3,28-36(31,32)21-14-12-18(2)13-15-21)26(17-20-11-8-16-35-20)24(30)34-22(27-26)19-9-6-5-7-10-19/h5-16,28H,4,17H2,1-3H3. The van der Waals surface area contributed by atoms with Crippen LogP contribution in [0.25, 0.3) is 0 Å². The first kappa shape index (κ1) is 25.7. The van der Waals surface area contributed by atoms with Crippen LogP contribution in [-0.2, 0) is 35.5 Å². The minimum absolute atomic E-state index is 0.00205. The van der Waals surface area contributed by atoms with Gasteiger partial charge < -0.3 is 9.47 Å². The average molecular weight is 527 g/mol. The number of carbonyl (C=O) groups excluding carboxylic acids is 2. The van der Waals surface area contributed by atoms with Gasteiger partial charge in [-0.1, -0.05) is 42.0 Å². The van der Waals surface area contributed by atoms with Crippen LogP contribution in [-0.4, -0.2) is 43.9 Å². The molecule has 0 spiro atoms. The number of aryl methyl sites for hydroxylation is 1. The number of nitrogens with zero attached hydrogens (tertiary/aromatic N) is 1. The number of cyclic esters (lactones) is 1. The van der Waals surface area contributed by atoms with E-state index >= 15 is 0 Å². The number of hydrogen-bond acceptors (Lipinski definition) is 8. The van der Waals surface area contributed by atoms with Gasteiger partial charge in [-0.15, -0.1) is 11.3 Å². The van der Waals surface area contributed by atoms with Crippen molar-refractivity contribution in [3.63, 3.8) is 0 Å². The van der Waals surface area contributed by atoms with Gasteiger partial charge in [0.1, 0.15) is 0 Å². The second-order valence-corrected chi connectivity index (χ2v) is 11.3. The molecule has 4 rings (SSSR count). The number of carbonyl (C=O) groups is 2. The highest BCUT2D eigenvalue weighted by molar-refractivity contribution is 7.89. The van der Waals surface area contributed by atoms with E-state index < -0.39 is 33.0 Å². The Labute approximate surface area is 214 Å². The molecule has 2 unspecified atom stereocenters. The third-order valence-corrected chi connectivity index (χ3v) is 8.48. The van der Waals surface area contributed by atoms with Gasteiger partial charge in [0.05, 0.1) is 11.5 Å². The number of ether oxygens (including phenoxy) is 2. The van der Waals surface area contributed by atoms with E-state index in [9.17, 15) is 18.0 Å². The Morgan fingerprint density at radius 3 is 2.42 bits per heavy atom. The number of thiophene rings is 1. The summed E-state index contributed by atoms with van der Waals surface area (Å²) in [5, 5.41) is 1.82. The quantitative estimate of drug-likeness (QED) is 0.426. The summed E-state index contributed by atoms with van der Waals surface area (Å²) < 4.78 is 40.4. The summed E-state index contributed by atoms with van der Waals surface area (Å²) in [6, 6.07) is 18.5. The maximum atomic E-state index is 13.7.